The van der Waals surface area contributed by atoms with Crippen LogP contribution in [0, 0.1) is 46.3 Å². The van der Waals surface area contributed by atoms with Gasteiger partial charge in [-0.05, 0) is 73.5 Å². The number of ketones is 1. The summed E-state index contributed by atoms with van der Waals surface area (Å²) in [5.74, 6) is 0.944. The lowest BCUT2D eigenvalue weighted by molar-refractivity contribution is -0.219. The zero-order valence-corrected chi connectivity index (χ0v) is 22.8. The summed E-state index contributed by atoms with van der Waals surface area (Å²) >= 11 is 0. The van der Waals surface area contributed by atoms with E-state index in [0.29, 0.717) is 25.0 Å². The Morgan fingerprint density at radius 2 is 1.72 bits per heavy atom. The fourth-order valence-electron chi connectivity index (χ4n) is 9.25. The zero-order chi connectivity index (χ0) is 26.4. The average molecular weight is 505 g/mol. The van der Waals surface area contributed by atoms with Crippen LogP contribution in [0.5, 0.6) is 0 Å². The van der Waals surface area contributed by atoms with Crippen molar-refractivity contribution in [3.8, 4) is 0 Å². The molecule has 2 unspecified atom stereocenters. The van der Waals surface area contributed by atoms with Crippen LogP contribution in [0.2, 0.25) is 0 Å². The Morgan fingerprint density at radius 3 is 2.36 bits per heavy atom. The van der Waals surface area contributed by atoms with Crippen LogP contribution in [0.1, 0.15) is 92.4 Å². The molecule has 7 nitrogen and oxygen atoms in total. The number of rotatable bonds is 6. The molecule has 4 aliphatic rings. The average Bonchev–Trinajstić information content (AvgIpc) is 3.16. The summed E-state index contributed by atoms with van der Waals surface area (Å²) in [6.07, 6.45) is 6.09. The van der Waals surface area contributed by atoms with Gasteiger partial charge in [0.1, 0.15) is 18.0 Å². The van der Waals surface area contributed by atoms with Crippen LogP contribution in [0.15, 0.2) is 0 Å². The molecule has 4 aliphatic carbocycles. The normalized spacial score (nSPS) is 42.4. The minimum absolute atomic E-state index is 0.0382. The van der Waals surface area contributed by atoms with Crippen molar-refractivity contribution in [2.45, 2.75) is 105 Å². The molecule has 0 bridgehead atoms. The molecule has 0 aromatic heterocycles. The molecular weight excluding hydrogens is 460 g/mol. The second-order valence-electron chi connectivity index (χ2n) is 12.6. The van der Waals surface area contributed by atoms with Crippen molar-refractivity contribution in [3.63, 3.8) is 0 Å². The van der Waals surface area contributed by atoms with Crippen molar-refractivity contribution in [2.24, 2.45) is 46.3 Å². The van der Waals surface area contributed by atoms with Gasteiger partial charge < -0.3 is 14.2 Å². The third-order valence-electron chi connectivity index (χ3n) is 11.0. The van der Waals surface area contributed by atoms with Crippen molar-refractivity contribution >= 4 is 23.7 Å². The summed E-state index contributed by atoms with van der Waals surface area (Å²) in [7, 11) is 1.42. The first-order valence-electron chi connectivity index (χ1n) is 13.8. The van der Waals surface area contributed by atoms with Crippen LogP contribution in [-0.2, 0) is 33.4 Å². The fourth-order valence-corrected chi connectivity index (χ4v) is 9.25. The molecule has 0 radical (unpaired) electrons. The van der Waals surface area contributed by atoms with E-state index in [1.807, 2.05) is 0 Å². The first kappa shape index (κ1) is 27.1. The Kier molecular flexibility index (Phi) is 7.60. The Hall–Kier alpha value is -1.92. The van der Waals surface area contributed by atoms with Gasteiger partial charge in [0.05, 0.1) is 7.11 Å². The number of hydrogen-bond donors (Lipinski definition) is 0. The van der Waals surface area contributed by atoms with Gasteiger partial charge in [0.15, 0.2) is 0 Å². The molecule has 202 valence electrons. The Bertz CT molecular complexity index is 898. The summed E-state index contributed by atoms with van der Waals surface area (Å²) in [6.45, 7) is 9.76. The Labute approximate surface area is 215 Å². The maximum atomic E-state index is 12.4. The zero-order valence-electron chi connectivity index (χ0n) is 22.8. The molecule has 0 spiro atoms. The molecule has 0 heterocycles. The molecule has 4 saturated carbocycles. The lowest BCUT2D eigenvalue weighted by atomic mass is 9.43. The van der Waals surface area contributed by atoms with Gasteiger partial charge >= 0.3 is 17.9 Å². The van der Waals surface area contributed by atoms with Gasteiger partial charge in [-0.15, -0.1) is 0 Å². The summed E-state index contributed by atoms with van der Waals surface area (Å²) in [5.41, 5.74) is -0.308. The van der Waals surface area contributed by atoms with E-state index >= 15 is 0 Å². The first-order chi connectivity index (χ1) is 16.9. The highest BCUT2D eigenvalue weighted by atomic mass is 16.5. The number of fused-ring (bicyclic) bond motifs is 5. The minimum Gasteiger partial charge on any atom is -0.469 e. The van der Waals surface area contributed by atoms with E-state index in [9.17, 15) is 19.2 Å². The Morgan fingerprint density at radius 1 is 1.03 bits per heavy atom. The maximum absolute atomic E-state index is 12.4. The summed E-state index contributed by atoms with van der Waals surface area (Å²) in [6, 6.07) is 0. The van der Waals surface area contributed by atoms with Crippen LogP contribution in [0.4, 0.5) is 0 Å². The van der Waals surface area contributed by atoms with Crippen LogP contribution in [0.3, 0.4) is 0 Å². The molecule has 36 heavy (non-hydrogen) atoms. The molecule has 0 aromatic carbocycles. The highest BCUT2D eigenvalue weighted by Crippen LogP contribution is 2.69. The SMILES string of the molecule is COC(=O)CC[C@@H](C)[C@H]1CC[C@H]2C3C(C[C@H](OC(C)=O)[C@]12C)[C@@]1(C)CCC(=O)C[C@H]1C[C@H]3OC(C)=O. The van der Waals surface area contributed by atoms with Gasteiger partial charge in [-0.3, -0.25) is 19.2 Å². The van der Waals surface area contributed by atoms with Crippen LogP contribution >= 0.6 is 0 Å². The van der Waals surface area contributed by atoms with E-state index in [4.69, 9.17) is 14.2 Å². The van der Waals surface area contributed by atoms with Crippen LogP contribution in [-0.4, -0.2) is 43.0 Å². The lowest BCUT2D eigenvalue weighted by Gasteiger charge is -2.63. The second kappa shape index (κ2) is 10.1. The summed E-state index contributed by atoms with van der Waals surface area (Å²) in [4.78, 5) is 48.9. The molecule has 0 amide bonds. The molecule has 4 fully saturated rings. The van der Waals surface area contributed by atoms with Gasteiger partial charge in [-0.25, -0.2) is 0 Å². The summed E-state index contributed by atoms with van der Waals surface area (Å²) in [5, 5.41) is 0. The number of carbonyl (C=O) groups is 4. The van der Waals surface area contributed by atoms with Crippen molar-refractivity contribution in [1.29, 1.82) is 0 Å². The number of hydrogen-bond acceptors (Lipinski definition) is 7. The first-order valence-corrected chi connectivity index (χ1v) is 13.8. The highest BCUT2D eigenvalue weighted by molar-refractivity contribution is 5.79. The third-order valence-corrected chi connectivity index (χ3v) is 11.0. The largest absolute Gasteiger partial charge is 0.469 e. The number of methoxy groups -OCH3 is 1. The maximum Gasteiger partial charge on any atom is 0.305 e. The molecule has 0 N–H and O–H groups in total. The molecule has 0 aromatic rings. The molecule has 4 rings (SSSR count). The summed E-state index contributed by atoms with van der Waals surface area (Å²) < 4.78 is 17.0. The monoisotopic (exact) mass is 504 g/mol. The number of ether oxygens (including phenoxy) is 3. The number of carbonyl (C=O) groups excluding carboxylic acids is 4. The Balaban J connectivity index is 1.72. The van der Waals surface area contributed by atoms with Crippen molar-refractivity contribution < 1.29 is 33.4 Å². The van der Waals surface area contributed by atoms with Crippen LogP contribution in [0.25, 0.3) is 0 Å². The van der Waals surface area contributed by atoms with E-state index in [2.05, 4.69) is 20.8 Å². The van der Waals surface area contributed by atoms with E-state index in [-0.39, 0.29) is 76.5 Å². The van der Waals surface area contributed by atoms with Crippen molar-refractivity contribution in [3.05, 3.63) is 0 Å². The predicted octanol–water partition coefficient (Wildman–Crippen LogP) is 4.89. The van der Waals surface area contributed by atoms with Gasteiger partial charge in [0.2, 0.25) is 0 Å². The van der Waals surface area contributed by atoms with E-state index in [0.717, 1.165) is 38.5 Å². The molecular formula is C29H44O7. The van der Waals surface area contributed by atoms with Gasteiger partial charge in [-0.1, -0.05) is 20.8 Å². The van der Waals surface area contributed by atoms with E-state index in [1.54, 1.807) is 0 Å². The van der Waals surface area contributed by atoms with Crippen molar-refractivity contribution in [2.75, 3.05) is 7.11 Å². The minimum atomic E-state index is -0.269. The van der Waals surface area contributed by atoms with Gasteiger partial charge in [0, 0.05) is 44.4 Å². The smallest absolute Gasteiger partial charge is 0.305 e. The molecule has 10 atom stereocenters. The number of Topliss-reactive ketones (excluding diaryl/α,β-unsaturated/α-hetero) is 1. The van der Waals surface area contributed by atoms with Gasteiger partial charge in [0.25, 0.3) is 0 Å². The van der Waals surface area contributed by atoms with Gasteiger partial charge in [-0.2, -0.15) is 0 Å². The molecule has 7 heteroatoms. The topological polar surface area (TPSA) is 96.0 Å². The molecule has 0 aliphatic heterocycles. The quantitative estimate of drug-likeness (QED) is 0.375. The lowest BCUT2D eigenvalue weighted by Crippen LogP contribution is -2.63. The fraction of sp³-hybridized carbons (Fsp3) is 0.862. The van der Waals surface area contributed by atoms with Crippen LogP contribution < -0.4 is 0 Å². The predicted molar refractivity (Wildman–Crippen MR) is 133 cm³/mol. The van der Waals surface area contributed by atoms with Crippen molar-refractivity contribution in [1.82, 2.24) is 0 Å². The van der Waals surface area contributed by atoms with E-state index in [1.165, 1.54) is 21.0 Å². The standard InChI is InChI=1S/C29H44O7/c1-16(7-10-26(33)34-6)21-8-9-22-27-23(15-25(29(21,22)5)36-18(3)31)28(4)12-11-20(32)13-19(28)14-24(27)35-17(2)30/h16,19,21-25,27H,7-15H2,1-6H3/t16-,19+,21-,22+,23?,24-,25+,27?,28+,29-/m1/s1. The van der Waals surface area contributed by atoms with E-state index < -0.39 is 0 Å². The second-order valence-corrected chi connectivity index (χ2v) is 12.6. The molecule has 0 saturated heterocycles. The third kappa shape index (κ3) is 4.60. The number of esters is 3. The highest BCUT2D eigenvalue weighted by Gasteiger charge is 2.67.